The topological polar surface area (TPSA) is 125 Å². The van der Waals surface area contributed by atoms with E-state index < -0.39 is 5.97 Å². The van der Waals surface area contributed by atoms with E-state index in [0.29, 0.717) is 35.9 Å². The molecule has 1 saturated carbocycles. The number of nitrogens with one attached hydrogen (secondary N) is 2. The molecule has 0 saturated heterocycles. The fourth-order valence-electron chi connectivity index (χ4n) is 5.24. The summed E-state index contributed by atoms with van der Waals surface area (Å²) < 4.78 is 5.27. The summed E-state index contributed by atoms with van der Waals surface area (Å²) in [5.74, 6) is -1.09. The van der Waals surface area contributed by atoms with Gasteiger partial charge in [0, 0.05) is 30.4 Å². The average Bonchev–Trinajstić information content (AvgIpc) is 2.96. The third-order valence-electron chi connectivity index (χ3n) is 7.92. The molecule has 1 aliphatic carbocycles. The first-order chi connectivity index (χ1) is 20.0. The number of esters is 1. The van der Waals surface area contributed by atoms with Crippen molar-refractivity contribution < 1.29 is 29.0 Å². The van der Waals surface area contributed by atoms with Gasteiger partial charge in [0.05, 0.1) is 18.6 Å². The van der Waals surface area contributed by atoms with Crippen molar-refractivity contribution in [3.63, 3.8) is 0 Å². The lowest BCUT2D eigenvalue weighted by Gasteiger charge is -2.41. The number of aliphatic carboxylic acids is 1. The van der Waals surface area contributed by atoms with Crippen LogP contribution < -0.4 is 10.6 Å². The highest BCUT2D eigenvalue weighted by Crippen LogP contribution is 2.39. The number of nitrogens with zero attached hydrogens (tertiary/aromatic N) is 1. The largest absolute Gasteiger partial charge is 0.481 e. The number of urea groups is 1. The molecule has 2 aromatic rings. The number of carboxylic acid groups (broad SMARTS) is 1. The van der Waals surface area contributed by atoms with Gasteiger partial charge in [0.15, 0.2) is 0 Å². The Morgan fingerprint density at radius 3 is 2.12 bits per heavy atom. The van der Waals surface area contributed by atoms with Crippen molar-refractivity contribution in [2.45, 2.75) is 85.2 Å². The van der Waals surface area contributed by atoms with E-state index in [0.717, 1.165) is 44.1 Å². The van der Waals surface area contributed by atoms with E-state index in [-0.39, 0.29) is 42.3 Å². The standard InChI is InChI=1S/C33H45N3O6/c1-5-6-21-42-31(40)25-11-15-27(16-12-25)35-32(41)36(28-17-13-26(14-18-28)33(2,3)4)22-23-7-9-24(10-8-23)30(39)34-20-19-29(37)38/h7-12,15-16,26,28H,5-6,13-14,17-22H2,1-4H3,(H,34,39)(H,35,41)(H,37,38). The molecule has 3 N–H and O–H groups in total. The second-order valence-electron chi connectivity index (χ2n) is 12.1. The van der Waals surface area contributed by atoms with E-state index >= 15 is 0 Å². The van der Waals surface area contributed by atoms with Gasteiger partial charge in [0.25, 0.3) is 5.91 Å². The average molecular weight is 580 g/mol. The lowest BCUT2D eigenvalue weighted by Crippen LogP contribution is -2.45. The normalized spacial score (nSPS) is 16.8. The molecule has 9 heteroatoms. The fourth-order valence-corrected chi connectivity index (χ4v) is 5.24. The highest BCUT2D eigenvalue weighted by Gasteiger charge is 2.33. The second-order valence-corrected chi connectivity index (χ2v) is 12.1. The zero-order valence-electron chi connectivity index (χ0n) is 25.3. The Bertz CT molecular complexity index is 1200. The van der Waals surface area contributed by atoms with Gasteiger partial charge in [0.2, 0.25) is 0 Å². The Morgan fingerprint density at radius 1 is 0.929 bits per heavy atom. The minimum absolute atomic E-state index is 0.0577. The lowest BCUT2D eigenvalue weighted by molar-refractivity contribution is -0.136. The van der Waals surface area contributed by atoms with E-state index in [2.05, 4.69) is 31.4 Å². The number of hydrogen-bond acceptors (Lipinski definition) is 5. The monoisotopic (exact) mass is 579 g/mol. The summed E-state index contributed by atoms with van der Waals surface area (Å²) in [6.45, 7) is 9.66. The second kappa shape index (κ2) is 15.4. The van der Waals surface area contributed by atoms with Gasteiger partial charge >= 0.3 is 18.0 Å². The first-order valence-corrected chi connectivity index (χ1v) is 14.9. The Labute approximate surface area is 249 Å². The third-order valence-corrected chi connectivity index (χ3v) is 7.92. The number of benzene rings is 2. The first kappa shape index (κ1) is 32.6. The molecule has 42 heavy (non-hydrogen) atoms. The molecular weight excluding hydrogens is 534 g/mol. The van der Waals surface area contributed by atoms with Crippen molar-refractivity contribution in [2.24, 2.45) is 11.3 Å². The molecule has 0 bridgehead atoms. The van der Waals surface area contributed by atoms with Gasteiger partial charge < -0.3 is 25.4 Å². The third kappa shape index (κ3) is 9.89. The zero-order chi connectivity index (χ0) is 30.7. The summed E-state index contributed by atoms with van der Waals surface area (Å²) in [6, 6.07) is 13.6. The Kier molecular flexibility index (Phi) is 11.9. The minimum Gasteiger partial charge on any atom is -0.481 e. The maximum absolute atomic E-state index is 13.6. The number of anilines is 1. The molecule has 0 spiro atoms. The Morgan fingerprint density at radius 2 is 1.55 bits per heavy atom. The van der Waals surface area contributed by atoms with Crippen LogP contribution in [-0.4, -0.2) is 53.1 Å². The van der Waals surface area contributed by atoms with Crippen LogP contribution >= 0.6 is 0 Å². The van der Waals surface area contributed by atoms with Gasteiger partial charge in [-0.25, -0.2) is 9.59 Å². The van der Waals surface area contributed by atoms with Crippen LogP contribution in [0.25, 0.3) is 0 Å². The number of rotatable bonds is 12. The summed E-state index contributed by atoms with van der Waals surface area (Å²) in [7, 11) is 0. The quantitative estimate of drug-likeness (QED) is 0.195. The van der Waals surface area contributed by atoms with Gasteiger partial charge in [-0.15, -0.1) is 0 Å². The van der Waals surface area contributed by atoms with Gasteiger partial charge in [0.1, 0.15) is 0 Å². The molecule has 3 rings (SSSR count). The van der Waals surface area contributed by atoms with Gasteiger partial charge in [-0.2, -0.15) is 0 Å². The first-order valence-electron chi connectivity index (χ1n) is 14.9. The molecule has 0 heterocycles. The molecule has 0 aliphatic heterocycles. The highest BCUT2D eigenvalue weighted by molar-refractivity contribution is 5.94. The van der Waals surface area contributed by atoms with Crippen LogP contribution in [0.3, 0.4) is 0 Å². The van der Waals surface area contributed by atoms with Crippen LogP contribution in [0.1, 0.15) is 98.9 Å². The number of hydrogen-bond donors (Lipinski definition) is 3. The maximum Gasteiger partial charge on any atom is 0.338 e. The van der Waals surface area contributed by atoms with Crippen LogP contribution in [0.15, 0.2) is 48.5 Å². The van der Waals surface area contributed by atoms with Crippen molar-refractivity contribution in [1.29, 1.82) is 0 Å². The Balaban J connectivity index is 1.70. The van der Waals surface area contributed by atoms with Gasteiger partial charge in [-0.3, -0.25) is 9.59 Å². The fraction of sp³-hybridized carbons (Fsp3) is 0.515. The predicted octanol–water partition coefficient (Wildman–Crippen LogP) is 6.49. The van der Waals surface area contributed by atoms with Crippen LogP contribution in [0.4, 0.5) is 10.5 Å². The maximum atomic E-state index is 13.6. The number of carbonyl (C=O) groups is 4. The number of ether oxygens (including phenoxy) is 1. The predicted molar refractivity (Wildman–Crippen MR) is 162 cm³/mol. The van der Waals surface area contributed by atoms with E-state index in [1.54, 1.807) is 36.4 Å². The molecule has 0 radical (unpaired) electrons. The van der Waals surface area contributed by atoms with Crippen LogP contribution in [0.2, 0.25) is 0 Å². The van der Waals surface area contributed by atoms with E-state index in [1.165, 1.54) is 0 Å². The van der Waals surface area contributed by atoms with Crippen molar-refractivity contribution in [3.8, 4) is 0 Å². The minimum atomic E-state index is -0.971. The number of amides is 3. The molecule has 3 amide bonds. The molecule has 0 aromatic heterocycles. The van der Waals surface area contributed by atoms with E-state index in [4.69, 9.17) is 9.84 Å². The smallest absolute Gasteiger partial charge is 0.338 e. The zero-order valence-corrected chi connectivity index (χ0v) is 25.3. The molecule has 228 valence electrons. The van der Waals surface area contributed by atoms with Crippen molar-refractivity contribution in [1.82, 2.24) is 10.2 Å². The molecule has 2 aromatic carbocycles. The van der Waals surface area contributed by atoms with Crippen molar-refractivity contribution >= 4 is 29.6 Å². The van der Waals surface area contributed by atoms with Crippen LogP contribution in [0.5, 0.6) is 0 Å². The number of carbonyl (C=O) groups excluding carboxylic acids is 3. The SMILES string of the molecule is CCCCOC(=O)c1ccc(NC(=O)N(Cc2ccc(C(=O)NCCC(=O)O)cc2)C2CCC(C(C)(C)C)CC2)cc1. The molecule has 1 fully saturated rings. The molecule has 0 unspecified atom stereocenters. The number of unbranched alkanes of at least 4 members (excludes halogenated alkanes) is 1. The lowest BCUT2D eigenvalue weighted by atomic mass is 9.71. The molecule has 9 nitrogen and oxygen atoms in total. The molecule has 1 aliphatic rings. The van der Waals surface area contributed by atoms with Crippen molar-refractivity contribution in [2.75, 3.05) is 18.5 Å². The summed E-state index contributed by atoms with van der Waals surface area (Å²) in [5.41, 5.74) is 2.56. The molecular formula is C33H45N3O6. The van der Waals surface area contributed by atoms with Crippen LogP contribution in [-0.2, 0) is 16.1 Å². The summed E-state index contributed by atoms with van der Waals surface area (Å²) in [5, 5.41) is 14.4. The summed E-state index contributed by atoms with van der Waals surface area (Å²) in [6.07, 6.45) is 5.52. The molecule has 0 atom stereocenters. The number of carboxylic acids is 1. The van der Waals surface area contributed by atoms with Gasteiger partial charge in [-0.05, 0) is 85.4 Å². The van der Waals surface area contributed by atoms with Crippen molar-refractivity contribution in [3.05, 3.63) is 65.2 Å². The Hall–Kier alpha value is -3.88. The summed E-state index contributed by atoms with van der Waals surface area (Å²) >= 11 is 0. The summed E-state index contributed by atoms with van der Waals surface area (Å²) in [4.78, 5) is 50.8. The van der Waals surface area contributed by atoms with E-state index in [9.17, 15) is 19.2 Å². The van der Waals surface area contributed by atoms with Gasteiger partial charge in [-0.1, -0.05) is 46.2 Å². The van der Waals surface area contributed by atoms with E-state index in [1.807, 2.05) is 24.0 Å². The van der Waals surface area contributed by atoms with Crippen LogP contribution in [0, 0.1) is 11.3 Å². The highest BCUT2D eigenvalue weighted by atomic mass is 16.5.